The normalized spacial score (nSPS) is 21.5. The molecule has 2 heterocycles. The molecular formula is C15H18F3N3O3. The van der Waals surface area contributed by atoms with Gasteiger partial charge < -0.3 is 19.7 Å². The molecule has 1 atom stereocenters. The summed E-state index contributed by atoms with van der Waals surface area (Å²) in [5.41, 5.74) is -0.962. The molecule has 0 aromatic carbocycles. The fourth-order valence-electron chi connectivity index (χ4n) is 2.79. The van der Waals surface area contributed by atoms with E-state index in [1.807, 2.05) is 0 Å². The molecule has 0 radical (unpaired) electrons. The van der Waals surface area contributed by atoms with E-state index in [-0.39, 0.29) is 23.5 Å². The Morgan fingerprint density at radius 3 is 2.83 bits per heavy atom. The molecule has 0 spiro atoms. The first-order chi connectivity index (χ1) is 11.4. The van der Waals surface area contributed by atoms with E-state index in [4.69, 9.17) is 9.47 Å². The van der Waals surface area contributed by atoms with Crippen LogP contribution in [0.5, 0.6) is 5.75 Å². The molecule has 1 aliphatic carbocycles. The van der Waals surface area contributed by atoms with Gasteiger partial charge in [0.2, 0.25) is 0 Å². The predicted molar refractivity (Wildman–Crippen MR) is 78.8 cm³/mol. The number of nitrogens with zero attached hydrogens (tertiary/aromatic N) is 2. The van der Waals surface area contributed by atoms with Gasteiger partial charge in [0, 0.05) is 12.6 Å². The van der Waals surface area contributed by atoms with Gasteiger partial charge in [-0.25, -0.2) is 9.78 Å². The number of ether oxygens (including phenoxy) is 2. The lowest BCUT2D eigenvalue weighted by atomic mass is 10.1. The van der Waals surface area contributed by atoms with Crippen molar-refractivity contribution in [2.24, 2.45) is 5.92 Å². The number of carbonyl (C=O) groups excluding carboxylic acids is 1. The predicted octanol–water partition coefficient (Wildman–Crippen LogP) is 2.75. The number of hydrogen-bond acceptors (Lipinski definition) is 4. The van der Waals surface area contributed by atoms with Crippen molar-refractivity contribution in [3.05, 3.63) is 18.0 Å². The van der Waals surface area contributed by atoms with Gasteiger partial charge in [-0.2, -0.15) is 13.2 Å². The monoisotopic (exact) mass is 345 g/mol. The second-order valence-electron chi connectivity index (χ2n) is 5.87. The van der Waals surface area contributed by atoms with E-state index >= 15 is 0 Å². The van der Waals surface area contributed by atoms with Crippen LogP contribution in [0.25, 0.3) is 0 Å². The summed E-state index contributed by atoms with van der Waals surface area (Å²) in [7, 11) is 1.24. The number of morpholine rings is 1. The lowest BCUT2D eigenvalue weighted by Crippen LogP contribution is -2.51. The molecule has 2 fully saturated rings. The van der Waals surface area contributed by atoms with Crippen molar-refractivity contribution in [1.82, 2.24) is 9.88 Å². The minimum Gasteiger partial charge on any atom is -0.494 e. The Balaban J connectivity index is 1.75. The van der Waals surface area contributed by atoms with Gasteiger partial charge in [0.1, 0.15) is 17.1 Å². The van der Waals surface area contributed by atoms with E-state index in [1.165, 1.54) is 7.11 Å². The molecule has 1 unspecified atom stereocenters. The molecule has 1 aromatic rings. The molecule has 1 N–H and O–H groups in total. The summed E-state index contributed by atoms with van der Waals surface area (Å²) in [6, 6.07) is 0.398. The largest absolute Gasteiger partial charge is 0.494 e. The number of alkyl halides is 3. The molecule has 0 bridgehead atoms. The number of amides is 2. The second-order valence-corrected chi connectivity index (χ2v) is 5.87. The van der Waals surface area contributed by atoms with Gasteiger partial charge in [-0.1, -0.05) is 0 Å². The Bertz CT molecular complexity index is 620. The summed E-state index contributed by atoms with van der Waals surface area (Å²) in [5, 5.41) is 2.60. The third kappa shape index (κ3) is 3.55. The molecule has 132 valence electrons. The van der Waals surface area contributed by atoms with E-state index in [2.05, 4.69) is 10.3 Å². The second kappa shape index (κ2) is 6.46. The summed E-state index contributed by atoms with van der Waals surface area (Å²) in [4.78, 5) is 17.6. The minimum atomic E-state index is -4.57. The Labute approximate surface area is 136 Å². The van der Waals surface area contributed by atoms with Crippen LogP contribution in [0.15, 0.2) is 12.3 Å². The highest BCUT2D eigenvalue weighted by Gasteiger charge is 2.39. The fourth-order valence-corrected chi connectivity index (χ4v) is 2.79. The zero-order chi connectivity index (χ0) is 17.3. The summed E-state index contributed by atoms with van der Waals surface area (Å²) in [6.07, 6.45) is -1.49. The molecule has 1 saturated heterocycles. The standard InChI is InChI=1S/C15H18F3N3O3/c1-23-12-6-13(15(16,17)18)19-7-10(12)20-14(22)21-4-5-24-8-11(21)9-2-3-9/h6-7,9,11H,2-5,8H2,1H3,(H,20,22). The van der Waals surface area contributed by atoms with Crippen LogP contribution in [0.4, 0.5) is 23.7 Å². The number of urea groups is 1. The molecule has 1 aliphatic heterocycles. The van der Waals surface area contributed by atoms with Crippen molar-refractivity contribution in [2.75, 3.05) is 32.2 Å². The zero-order valence-electron chi connectivity index (χ0n) is 13.1. The van der Waals surface area contributed by atoms with Gasteiger partial charge in [0.25, 0.3) is 0 Å². The molecule has 6 nitrogen and oxygen atoms in total. The number of methoxy groups -OCH3 is 1. The summed E-state index contributed by atoms with van der Waals surface area (Å²) >= 11 is 0. The van der Waals surface area contributed by atoms with Crippen molar-refractivity contribution in [3.63, 3.8) is 0 Å². The number of aromatic nitrogens is 1. The third-order valence-electron chi connectivity index (χ3n) is 4.21. The summed E-state index contributed by atoms with van der Waals surface area (Å²) < 4.78 is 48.5. The van der Waals surface area contributed by atoms with Crippen LogP contribution >= 0.6 is 0 Å². The van der Waals surface area contributed by atoms with Crippen LogP contribution < -0.4 is 10.1 Å². The summed E-state index contributed by atoms with van der Waals surface area (Å²) in [5.74, 6) is 0.352. The number of anilines is 1. The van der Waals surface area contributed by atoms with Gasteiger partial charge in [0.05, 0.1) is 32.6 Å². The lowest BCUT2D eigenvalue weighted by molar-refractivity contribution is -0.141. The third-order valence-corrected chi connectivity index (χ3v) is 4.21. The van der Waals surface area contributed by atoms with E-state index < -0.39 is 11.9 Å². The van der Waals surface area contributed by atoms with Crippen molar-refractivity contribution in [1.29, 1.82) is 0 Å². The zero-order valence-corrected chi connectivity index (χ0v) is 13.1. The van der Waals surface area contributed by atoms with Crippen molar-refractivity contribution in [3.8, 4) is 5.75 Å². The van der Waals surface area contributed by atoms with Crippen LogP contribution in [0.2, 0.25) is 0 Å². The maximum absolute atomic E-state index is 12.7. The van der Waals surface area contributed by atoms with Gasteiger partial charge in [0.15, 0.2) is 0 Å². The maximum atomic E-state index is 12.7. The average Bonchev–Trinajstić information content (AvgIpc) is 3.39. The number of rotatable bonds is 3. The minimum absolute atomic E-state index is 0.00662. The highest BCUT2D eigenvalue weighted by molar-refractivity contribution is 5.91. The quantitative estimate of drug-likeness (QED) is 0.915. The molecule has 2 amide bonds. The molecule has 2 aliphatic rings. The van der Waals surface area contributed by atoms with E-state index in [9.17, 15) is 18.0 Å². The first-order valence-corrected chi connectivity index (χ1v) is 7.66. The molecular weight excluding hydrogens is 327 g/mol. The van der Waals surface area contributed by atoms with Gasteiger partial charge >= 0.3 is 12.2 Å². The first-order valence-electron chi connectivity index (χ1n) is 7.66. The van der Waals surface area contributed by atoms with Crippen LogP contribution in [0.1, 0.15) is 18.5 Å². The number of nitrogens with one attached hydrogen (secondary N) is 1. The fraction of sp³-hybridized carbons (Fsp3) is 0.600. The highest BCUT2D eigenvalue weighted by atomic mass is 19.4. The number of carbonyl (C=O) groups is 1. The van der Waals surface area contributed by atoms with E-state index in [1.54, 1.807) is 4.90 Å². The van der Waals surface area contributed by atoms with E-state index in [0.29, 0.717) is 25.7 Å². The van der Waals surface area contributed by atoms with E-state index in [0.717, 1.165) is 25.1 Å². The Hall–Kier alpha value is -2.03. The Morgan fingerprint density at radius 2 is 2.21 bits per heavy atom. The summed E-state index contributed by atoms with van der Waals surface area (Å²) in [6.45, 7) is 1.38. The Morgan fingerprint density at radius 1 is 1.46 bits per heavy atom. The topological polar surface area (TPSA) is 63.7 Å². The number of pyridine rings is 1. The van der Waals surface area contributed by atoms with Crippen molar-refractivity contribution >= 4 is 11.7 Å². The lowest BCUT2D eigenvalue weighted by Gasteiger charge is -2.35. The van der Waals surface area contributed by atoms with Crippen LogP contribution in [0.3, 0.4) is 0 Å². The van der Waals surface area contributed by atoms with Crippen LogP contribution in [-0.2, 0) is 10.9 Å². The maximum Gasteiger partial charge on any atom is 0.433 e. The van der Waals surface area contributed by atoms with Crippen LogP contribution in [-0.4, -0.2) is 48.8 Å². The van der Waals surface area contributed by atoms with Gasteiger partial charge in [-0.05, 0) is 18.8 Å². The highest BCUT2D eigenvalue weighted by Crippen LogP contribution is 2.37. The van der Waals surface area contributed by atoms with Crippen molar-refractivity contribution < 1.29 is 27.4 Å². The Kier molecular flexibility index (Phi) is 4.53. The molecule has 1 saturated carbocycles. The smallest absolute Gasteiger partial charge is 0.433 e. The number of hydrogen-bond donors (Lipinski definition) is 1. The average molecular weight is 345 g/mol. The SMILES string of the molecule is COc1cc(C(F)(F)F)ncc1NC(=O)N1CCOCC1C1CC1. The van der Waals surface area contributed by atoms with Gasteiger partial charge in [-0.3, -0.25) is 0 Å². The molecule has 24 heavy (non-hydrogen) atoms. The van der Waals surface area contributed by atoms with Crippen molar-refractivity contribution in [2.45, 2.75) is 25.1 Å². The first kappa shape index (κ1) is 16.8. The molecule has 1 aromatic heterocycles. The molecule has 9 heteroatoms. The number of halogens is 3. The van der Waals surface area contributed by atoms with Crippen LogP contribution in [0, 0.1) is 5.92 Å². The van der Waals surface area contributed by atoms with Gasteiger partial charge in [-0.15, -0.1) is 0 Å². The molecule has 3 rings (SSSR count).